The van der Waals surface area contributed by atoms with Gasteiger partial charge in [-0.15, -0.1) is 0 Å². The molecule has 2 heterocycles. The summed E-state index contributed by atoms with van der Waals surface area (Å²) < 4.78 is 5.95. The van der Waals surface area contributed by atoms with Crippen molar-refractivity contribution >= 4 is 11.8 Å². The SMILES string of the molecule is O=C(C(c1ccccc1)N1CCCCC1=O)N1CCCC(COc2ccccc2)C1. The third-order valence-electron chi connectivity index (χ3n) is 6.08. The molecule has 2 saturated heterocycles. The van der Waals surface area contributed by atoms with Gasteiger partial charge in [-0.2, -0.15) is 0 Å². The normalized spacial score (nSPS) is 20.7. The average Bonchev–Trinajstić information content (AvgIpc) is 2.81. The Bertz CT molecular complexity index is 840. The van der Waals surface area contributed by atoms with Crippen LogP contribution in [0.25, 0.3) is 0 Å². The minimum Gasteiger partial charge on any atom is -0.493 e. The van der Waals surface area contributed by atoms with Gasteiger partial charge >= 0.3 is 0 Å². The molecule has 0 spiro atoms. The number of rotatable bonds is 6. The highest BCUT2D eigenvalue weighted by Crippen LogP contribution is 2.29. The van der Waals surface area contributed by atoms with Crippen LogP contribution in [0.15, 0.2) is 60.7 Å². The molecule has 2 unspecified atom stereocenters. The lowest BCUT2D eigenvalue weighted by Gasteiger charge is -2.39. The van der Waals surface area contributed by atoms with E-state index < -0.39 is 6.04 Å². The molecule has 0 bridgehead atoms. The van der Waals surface area contributed by atoms with Crippen molar-refractivity contribution in [2.75, 3.05) is 26.2 Å². The van der Waals surface area contributed by atoms with E-state index in [9.17, 15) is 9.59 Å². The summed E-state index contributed by atoms with van der Waals surface area (Å²) in [5, 5.41) is 0. The first-order valence-electron chi connectivity index (χ1n) is 11.0. The number of para-hydroxylation sites is 1. The molecule has 0 aliphatic carbocycles. The van der Waals surface area contributed by atoms with Crippen molar-refractivity contribution in [2.24, 2.45) is 5.92 Å². The molecule has 158 valence electrons. The van der Waals surface area contributed by atoms with E-state index in [0.717, 1.165) is 43.5 Å². The second-order valence-electron chi connectivity index (χ2n) is 8.27. The molecule has 0 N–H and O–H groups in total. The van der Waals surface area contributed by atoms with Crippen LogP contribution in [0.3, 0.4) is 0 Å². The number of hydrogen-bond donors (Lipinski definition) is 0. The molecule has 30 heavy (non-hydrogen) atoms. The molecular weight excluding hydrogens is 376 g/mol. The molecule has 4 rings (SSSR count). The van der Waals surface area contributed by atoms with Crippen LogP contribution in [0, 0.1) is 5.92 Å². The third kappa shape index (κ3) is 4.84. The zero-order valence-electron chi connectivity index (χ0n) is 17.4. The fraction of sp³-hybridized carbons (Fsp3) is 0.440. The smallest absolute Gasteiger partial charge is 0.250 e. The number of piperidine rings is 2. The van der Waals surface area contributed by atoms with Gasteiger partial charge in [0.15, 0.2) is 0 Å². The third-order valence-corrected chi connectivity index (χ3v) is 6.08. The van der Waals surface area contributed by atoms with Crippen LogP contribution >= 0.6 is 0 Å². The monoisotopic (exact) mass is 406 g/mol. The van der Waals surface area contributed by atoms with Crippen LogP contribution in [-0.2, 0) is 9.59 Å². The lowest BCUT2D eigenvalue weighted by Crippen LogP contribution is -2.50. The van der Waals surface area contributed by atoms with Gasteiger partial charge in [-0.05, 0) is 43.4 Å². The Labute approximate surface area is 178 Å². The number of benzene rings is 2. The molecule has 0 radical (unpaired) electrons. The van der Waals surface area contributed by atoms with Gasteiger partial charge in [-0.3, -0.25) is 9.59 Å². The van der Waals surface area contributed by atoms with Crippen molar-refractivity contribution in [3.8, 4) is 5.75 Å². The number of likely N-dealkylation sites (tertiary alicyclic amines) is 2. The molecule has 2 aromatic rings. The van der Waals surface area contributed by atoms with Gasteiger partial charge in [-0.1, -0.05) is 48.5 Å². The van der Waals surface area contributed by atoms with Crippen molar-refractivity contribution in [1.82, 2.24) is 9.80 Å². The fourth-order valence-corrected chi connectivity index (χ4v) is 4.50. The number of nitrogens with zero attached hydrogens (tertiary/aromatic N) is 2. The fourth-order valence-electron chi connectivity index (χ4n) is 4.50. The Balaban J connectivity index is 1.47. The zero-order valence-corrected chi connectivity index (χ0v) is 17.4. The van der Waals surface area contributed by atoms with Gasteiger partial charge < -0.3 is 14.5 Å². The van der Waals surface area contributed by atoms with Gasteiger partial charge in [0, 0.05) is 32.0 Å². The summed E-state index contributed by atoms with van der Waals surface area (Å²) >= 11 is 0. The predicted octanol–water partition coefficient (Wildman–Crippen LogP) is 4.06. The first-order chi connectivity index (χ1) is 14.7. The number of carbonyl (C=O) groups is 2. The highest BCUT2D eigenvalue weighted by Gasteiger charge is 2.36. The lowest BCUT2D eigenvalue weighted by molar-refractivity contribution is -0.149. The summed E-state index contributed by atoms with van der Waals surface area (Å²) in [6.07, 6.45) is 4.41. The summed E-state index contributed by atoms with van der Waals surface area (Å²) in [7, 11) is 0. The van der Waals surface area contributed by atoms with E-state index in [1.165, 1.54) is 0 Å². The molecule has 2 fully saturated rings. The highest BCUT2D eigenvalue weighted by molar-refractivity contribution is 5.89. The van der Waals surface area contributed by atoms with Gasteiger partial charge in [0.1, 0.15) is 11.8 Å². The van der Waals surface area contributed by atoms with E-state index in [0.29, 0.717) is 32.0 Å². The molecule has 5 nitrogen and oxygen atoms in total. The average molecular weight is 407 g/mol. The topological polar surface area (TPSA) is 49.9 Å². The van der Waals surface area contributed by atoms with E-state index in [-0.39, 0.29) is 11.8 Å². The van der Waals surface area contributed by atoms with Crippen molar-refractivity contribution in [1.29, 1.82) is 0 Å². The van der Waals surface area contributed by atoms with Gasteiger partial charge in [-0.25, -0.2) is 0 Å². The summed E-state index contributed by atoms with van der Waals surface area (Å²) in [4.78, 5) is 30.1. The Kier molecular flexibility index (Phi) is 6.67. The van der Waals surface area contributed by atoms with Crippen molar-refractivity contribution < 1.29 is 14.3 Å². The van der Waals surface area contributed by atoms with Crippen LogP contribution < -0.4 is 4.74 Å². The quantitative estimate of drug-likeness (QED) is 0.727. The minimum absolute atomic E-state index is 0.0425. The van der Waals surface area contributed by atoms with E-state index >= 15 is 0 Å². The maximum atomic E-state index is 13.7. The lowest BCUT2D eigenvalue weighted by atomic mass is 9.95. The Hall–Kier alpha value is -2.82. The largest absolute Gasteiger partial charge is 0.493 e. The number of carbonyl (C=O) groups excluding carboxylic acids is 2. The maximum Gasteiger partial charge on any atom is 0.250 e. The molecule has 0 saturated carbocycles. The molecule has 2 amide bonds. The molecule has 2 aromatic carbocycles. The van der Waals surface area contributed by atoms with Crippen molar-refractivity contribution in [3.05, 3.63) is 66.2 Å². The van der Waals surface area contributed by atoms with E-state index in [2.05, 4.69) is 0 Å². The van der Waals surface area contributed by atoms with Crippen LogP contribution in [0.1, 0.15) is 43.7 Å². The Morgan fingerprint density at radius 1 is 0.967 bits per heavy atom. The van der Waals surface area contributed by atoms with Crippen LogP contribution in [0.5, 0.6) is 5.75 Å². The van der Waals surface area contributed by atoms with Crippen LogP contribution in [-0.4, -0.2) is 47.9 Å². The van der Waals surface area contributed by atoms with Gasteiger partial charge in [0.25, 0.3) is 0 Å². The van der Waals surface area contributed by atoms with Crippen molar-refractivity contribution in [2.45, 2.75) is 38.1 Å². The Morgan fingerprint density at radius 2 is 1.70 bits per heavy atom. The standard InChI is InChI=1S/C25H30N2O3/c28-23-15-7-8-17-27(23)24(21-11-3-1-4-12-21)25(29)26-16-9-10-20(18-26)19-30-22-13-5-2-6-14-22/h1-6,11-14,20,24H,7-10,15-19H2. The predicted molar refractivity (Wildman–Crippen MR) is 116 cm³/mol. The van der Waals surface area contributed by atoms with Crippen molar-refractivity contribution in [3.63, 3.8) is 0 Å². The summed E-state index contributed by atoms with van der Waals surface area (Å²) in [5.74, 6) is 1.30. The number of ether oxygens (including phenoxy) is 1. The molecule has 2 atom stereocenters. The summed E-state index contributed by atoms with van der Waals surface area (Å²) in [6, 6.07) is 19.0. The minimum atomic E-state index is -0.521. The van der Waals surface area contributed by atoms with Gasteiger partial charge in [0.2, 0.25) is 11.8 Å². The second-order valence-corrected chi connectivity index (χ2v) is 8.27. The number of amides is 2. The molecule has 0 aromatic heterocycles. The van der Waals surface area contributed by atoms with Crippen LogP contribution in [0.4, 0.5) is 0 Å². The number of hydrogen-bond acceptors (Lipinski definition) is 3. The first kappa shape index (κ1) is 20.5. The molecule has 2 aliphatic rings. The van der Waals surface area contributed by atoms with Crippen LogP contribution in [0.2, 0.25) is 0 Å². The molecular formula is C25H30N2O3. The van der Waals surface area contributed by atoms with E-state index in [1.807, 2.05) is 65.6 Å². The Morgan fingerprint density at radius 3 is 2.43 bits per heavy atom. The van der Waals surface area contributed by atoms with Gasteiger partial charge in [0.05, 0.1) is 6.61 Å². The zero-order chi connectivity index (χ0) is 20.8. The molecule has 5 heteroatoms. The summed E-state index contributed by atoms with van der Waals surface area (Å²) in [5.41, 5.74) is 0.903. The van der Waals surface area contributed by atoms with E-state index in [4.69, 9.17) is 4.74 Å². The van der Waals surface area contributed by atoms with E-state index in [1.54, 1.807) is 4.90 Å². The second kappa shape index (κ2) is 9.79. The summed E-state index contributed by atoms with van der Waals surface area (Å²) in [6.45, 7) is 2.67. The first-order valence-corrected chi connectivity index (χ1v) is 11.0. The highest BCUT2D eigenvalue weighted by atomic mass is 16.5. The maximum absolute atomic E-state index is 13.7. The molecule has 2 aliphatic heterocycles.